The topological polar surface area (TPSA) is 43.8 Å². The lowest BCUT2D eigenvalue weighted by Crippen LogP contribution is -2.08. The maximum atomic E-state index is 13.1. The molecule has 0 fully saturated rings. The normalized spacial score (nSPS) is 11.8. The van der Waals surface area contributed by atoms with Crippen LogP contribution in [0.15, 0.2) is 30.5 Å². The Kier molecular flexibility index (Phi) is 2.53. The Labute approximate surface area is 93.5 Å². The fraction of sp³-hybridized carbons (Fsp3) is 0.100. The van der Waals surface area contributed by atoms with Crippen LogP contribution in [0.3, 0.4) is 0 Å². The first-order chi connectivity index (χ1) is 7.89. The molecule has 7 heteroatoms. The highest BCUT2D eigenvalue weighted by Crippen LogP contribution is 2.28. The van der Waals surface area contributed by atoms with Gasteiger partial charge in [-0.25, -0.2) is 9.07 Å². The van der Waals surface area contributed by atoms with Gasteiger partial charge in [0.25, 0.3) is 0 Å². The summed E-state index contributed by atoms with van der Waals surface area (Å²) in [5.74, 6) is -0.702. The summed E-state index contributed by atoms with van der Waals surface area (Å²) >= 11 is 0. The third-order valence-electron chi connectivity index (χ3n) is 2.16. The molecule has 2 N–H and O–H groups in total. The maximum Gasteiger partial charge on any atom is 0.435 e. The van der Waals surface area contributed by atoms with Gasteiger partial charge in [0.05, 0.1) is 11.4 Å². The van der Waals surface area contributed by atoms with Crippen molar-refractivity contribution in [3.05, 3.63) is 42.0 Å². The molecule has 0 bridgehead atoms. The summed E-state index contributed by atoms with van der Waals surface area (Å²) < 4.78 is 51.0. The van der Waals surface area contributed by atoms with Gasteiger partial charge < -0.3 is 5.73 Å². The van der Waals surface area contributed by atoms with Crippen LogP contribution in [0.5, 0.6) is 0 Å². The molecule has 0 unspecified atom stereocenters. The number of hydrogen-bond donors (Lipinski definition) is 1. The summed E-state index contributed by atoms with van der Waals surface area (Å²) in [5.41, 5.74) is 4.19. The molecule has 0 saturated carbocycles. The highest BCUT2D eigenvalue weighted by Gasteiger charge is 2.33. The zero-order chi connectivity index (χ0) is 12.6. The maximum absolute atomic E-state index is 13.1. The smallest absolute Gasteiger partial charge is 0.395 e. The average Bonchev–Trinajstić information content (AvgIpc) is 2.70. The first-order valence-corrected chi connectivity index (χ1v) is 4.57. The van der Waals surface area contributed by atoms with Gasteiger partial charge in [-0.05, 0) is 18.2 Å². The van der Waals surface area contributed by atoms with Crippen LogP contribution < -0.4 is 5.73 Å². The van der Waals surface area contributed by atoms with Crippen molar-refractivity contribution in [1.29, 1.82) is 0 Å². The van der Waals surface area contributed by atoms with E-state index in [9.17, 15) is 17.6 Å². The van der Waals surface area contributed by atoms with Crippen LogP contribution >= 0.6 is 0 Å². The number of para-hydroxylation sites is 1. The number of rotatable bonds is 1. The van der Waals surface area contributed by atoms with Crippen LogP contribution in [0.2, 0.25) is 0 Å². The lowest BCUT2D eigenvalue weighted by Gasteiger charge is -2.06. The average molecular weight is 245 g/mol. The molecule has 0 radical (unpaired) electrons. The molecule has 1 heterocycles. The molecule has 2 rings (SSSR count). The number of benzene rings is 1. The predicted molar refractivity (Wildman–Crippen MR) is 52.9 cm³/mol. The summed E-state index contributed by atoms with van der Waals surface area (Å²) in [6.45, 7) is 0. The van der Waals surface area contributed by atoms with Crippen molar-refractivity contribution >= 4 is 5.69 Å². The minimum atomic E-state index is -4.53. The molecule has 1 aromatic heterocycles. The van der Waals surface area contributed by atoms with Crippen molar-refractivity contribution in [3.63, 3.8) is 0 Å². The van der Waals surface area contributed by atoms with Crippen LogP contribution in [0.4, 0.5) is 23.2 Å². The largest absolute Gasteiger partial charge is 0.435 e. The van der Waals surface area contributed by atoms with E-state index in [0.717, 1.165) is 23.0 Å². The third-order valence-corrected chi connectivity index (χ3v) is 2.16. The van der Waals surface area contributed by atoms with Crippen molar-refractivity contribution in [2.24, 2.45) is 0 Å². The Hall–Kier alpha value is -2.05. The molecule has 3 nitrogen and oxygen atoms in total. The van der Waals surface area contributed by atoms with E-state index in [1.807, 2.05) is 0 Å². The number of hydrogen-bond acceptors (Lipinski definition) is 2. The van der Waals surface area contributed by atoms with E-state index in [-0.39, 0.29) is 11.4 Å². The fourth-order valence-corrected chi connectivity index (χ4v) is 1.33. The monoisotopic (exact) mass is 245 g/mol. The van der Waals surface area contributed by atoms with Crippen LogP contribution in [0.25, 0.3) is 5.69 Å². The van der Waals surface area contributed by atoms with Crippen LogP contribution in [-0.4, -0.2) is 9.78 Å². The SMILES string of the molecule is Nc1c(F)cccc1-n1ccc(C(F)(F)F)n1. The zero-order valence-electron chi connectivity index (χ0n) is 8.37. The number of alkyl halides is 3. The zero-order valence-corrected chi connectivity index (χ0v) is 8.37. The summed E-state index contributed by atoms with van der Waals surface area (Å²) in [5, 5.41) is 3.30. The lowest BCUT2D eigenvalue weighted by atomic mass is 10.2. The Morgan fingerprint density at radius 1 is 1.18 bits per heavy atom. The molecule has 0 amide bonds. The first-order valence-electron chi connectivity index (χ1n) is 4.57. The number of halogens is 4. The van der Waals surface area contributed by atoms with Gasteiger partial charge in [-0.15, -0.1) is 0 Å². The van der Waals surface area contributed by atoms with Crippen molar-refractivity contribution in [2.45, 2.75) is 6.18 Å². The Bertz CT molecular complexity index is 545. The minimum Gasteiger partial charge on any atom is -0.395 e. The lowest BCUT2D eigenvalue weighted by molar-refractivity contribution is -0.141. The van der Waals surface area contributed by atoms with Crippen molar-refractivity contribution in [3.8, 4) is 5.69 Å². The van der Waals surface area contributed by atoms with Crippen molar-refractivity contribution in [2.75, 3.05) is 5.73 Å². The second-order valence-corrected chi connectivity index (χ2v) is 3.32. The van der Waals surface area contributed by atoms with Gasteiger partial charge >= 0.3 is 6.18 Å². The molecular weight excluding hydrogens is 238 g/mol. The van der Waals surface area contributed by atoms with Crippen LogP contribution in [0.1, 0.15) is 5.69 Å². The van der Waals surface area contributed by atoms with Gasteiger partial charge in [-0.1, -0.05) is 6.07 Å². The van der Waals surface area contributed by atoms with E-state index in [0.29, 0.717) is 0 Å². The molecule has 90 valence electrons. The molecule has 2 aromatic rings. The van der Waals surface area contributed by atoms with Gasteiger partial charge in [0.1, 0.15) is 5.82 Å². The van der Waals surface area contributed by atoms with Gasteiger partial charge in [0.15, 0.2) is 5.69 Å². The number of nitrogens with two attached hydrogens (primary N) is 1. The molecule has 0 aliphatic heterocycles. The number of nitrogens with zero attached hydrogens (tertiary/aromatic N) is 2. The van der Waals surface area contributed by atoms with Gasteiger partial charge in [0.2, 0.25) is 0 Å². The number of nitrogen functional groups attached to an aromatic ring is 1. The van der Waals surface area contributed by atoms with Gasteiger partial charge in [-0.2, -0.15) is 18.3 Å². The standard InChI is InChI=1S/C10H7F4N3/c11-6-2-1-3-7(9(6)15)17-5-4-8(16-17)10(12,13)14/h1-5H,15H2. The Morgan fingerprint density at radius 2 is 1.88 bits per heavy atom. The van der Waals surface area contributed by atoms with E-state index >= 15 is 0 Å². The number of anilines is 1. The highest BCUT2D eigenvalue weighted by molar-refractivity contribution is 5.58. The first kappa shape index (κ1) is 11.4. The quantitative estimate of drug-likeness (QED) is 0.620. The Balaban J connectivity index is 2.48. The van der Waals surface area contributed by atoms with Crippen LogP contribution in [-0.2, 0) is 6.18 Å². The fourth-order valence-electron chi connectivity index (χ4n) is 1.33. The summed E-state index contributed by atoms with van der Waals surface area (Å²) in [6, 6.07) is 4.64. The summed E-state index contributed by atoms with van der Waals surface area (Å²) in [6.07, 6.45) is -3.46. The predicted octanol–water partition coefficient (Wildman–Crippen LogP) is 2.61. The second kappa shape index (κ2) is 3.76. The molecule has 0 saturated heterocycles. The molecule has 0 aliphatic rings. The molecule has 0 spiro atoms. The van der Waals surface area contributed by atoms with E-state index in [4.69, 9.17) is 5.73 Å². The molecule has 0 aliphatic carbocycles. The van der Waals surface area contributed by atoms with E-state index in [1.165, 1.54) is 12.1 Å². The second-order valence-electron chi connectivity index (χ2n) is 3.32. The van der Waals surface area contributed by atoms with Crippen molar-refractivity contribution < 1.29 is 17.6 Å². The van der Waals surface area contributed by atoms with Crippen molar-refractivity contribution in [1.82, 2.24) is 9.78 Å². The number of aromatic nitrogens is 2. The van der Waals surface area contributed by atoms with E-state index < -0.39 is 17.7 Å². The third kappa shape index (κ3) is 2.08. The molecule has 1 aromatic carbocycles. The highest BCUT2D eigenvalue weighted by atomic mass is 19.4. The summed E-state index contributed by atoms with van der Waals surface area (Å²) in [7, 11) is 0. The van der Waals surface area contributed by atoms with E-state index in [2.05, 4.69) is 5.10 Å². The molecule has 0 atom stereocenters. The van der Waals surface area contributed by atoms with Gasteiger partial charge in [0, 0.05) is 6.20 Å². The Morgan fingerprint density at radius 3 is 2.47 bits per heavy atom. The van der Waals surface area contributed by atoms with Crippen LogP contribution in [0, 0.1) is 5.82 Å². The minimum absolute atomic E-state index is 0.0699. The summed E-state index contributed by atoms with van der Waals surface area (Å²) in [4.78, 5) is 0. The molecule has 17 heavy (non-hydrogen) atoms. The van der Waals surface area contributed by atoms with Gasteiger partial charge in [-0.3, -0.25) is 0 Å². The molecular formula is C10H7F4N3. The van der Waals surface area contributed by atoms with E-state index in [1.54, 1.807) is 0 Å².